The van der Waals surface area contributed by atoms with Crippen molar-refractivity contribution in [3.63, 3.8) is 0 Å². The first-order chi connectivity index (χ1) is 8.50. The fraction of sp³-hybridized carbons (Fsp3) is 0.700. The fourth-order valence-corrected chi connectivity index (χ4v) is 1.78. The molecule has 102 valence electrons. The van der Waals surface area contributed by atoms with Crippen LogP contribution in [0.15, 0.2) is 0 Å². The van der Waals surface area contributed by atoms with E-state index in [1.54, 1.807) is 0 Å². The van der Waals surface area contributed by atoms with E-state index >= 15 is 0 Å². The Bertz CT molecular complexity index is 333. The highest BCUT2D eigenvalue weighted by Gasteiger charge is 2.27. The van der Waals surface area contributed by atoms with Gasteiger partial charge in [-0.05, 0) is 12.8 Å². The number of primary amides is 1. The maximum atomic E-state index is 11.7. The van der Waals surface area contributed by atoms with Gasteiger partial charge in [0.15, 0.2) is 0 Å². The summed E-state index contributed by atoms with van der Waals surface area (Å²) in [6.07, 6.45) is 0.361. The van der Waals surface area contributed by atoms with Crippen LogP contribution in [0.5, 0.6) is 0 Å². The topological polar surface area (TPSA) is 122 Å². The number of ether oxygens (including phenoxy) is 1. The highest BCUT2D eigenvalue weighted by molar-refractivity contribution is 5.76. The van der Waals surface area contributed by atoms with Gasteiger partial charge in [0.1, 0.15) is 6.61 Å². The zero-order valence-corrected chi connectivity index (χ0v) is 9.92. The summed E-state index contributed by atoms with van der Waals surface area (Å²) in [6, 6.07) is -0.353. The van der Waals surface area contributed by atoms with E-state index in [1.807, 2.05) is 0 Å². The SMILES string of the molecule is NC(=O)OCCNC(=O)N1CCC[C@@H](C(=O)O)C1. The summed E-state index contributed by atoms with van der Waals surface area (Å²) in [5.74, 6) is -1.39. The lowest BCUT2D eigenvalue weighted by atomic mass is 9.99. The molecular weight excluding hydrogens is 242 g/mol. The standard InChI is InChI=1S/C10H17N3O5/c11-9(16)18-5-3-12-10(17)13-4-1-2-7(6-13)8(14)15/h7H,1-6H2,(H2,11,16)(H,12,17)(H,14,15)/t7-/m1/s1. The number of carbonyl (C=O) groups is 3. The van der Waals surface area contributed by atoms with Crippen LogP contribution in [0, 0.1) is 5.92 Å². The minimum atomic E-state index is -0.895. The van der Waals surface area contributed by atoms with Crippen LogP contribution in [0.2, 0.25) is 0 Å². The molecule has 0 aromatic heterocycles. The molecule has 0 bridgehead atoms. The van der Waals surface area contributed by atoms with Crippen molar-refractivity contribution in [1.29, 1.82) is 0 Å². The molecule has 4 N–H and O–H groups in total. The summed E-state index contributed by atoms with van der Waals surface area (Å²) < 4.78 is 4.45. The number of carboxylic acid groups (broad SMARTS) is 1. The second kappa shape index (κ2) is 6.67. The van der Waals surface area contributed by atoms with Gasteiger partial charge in [0.2, 0.25) is 0 Å². The van der Waals surface area contributed by atoms with Crippen molar-refractivity contribution in [3.05, 3.63) is 0 Å². The quantitative estimate of drug-likeness (QED) is 0.592. The number of carboxylic acids is 1. The number of hydrogen-bond acceptors (Lipinski definition) is 4. The molecule has 0 radical (unpaired) electrons. The molecule has 18 heavy (non-hydrogen) atoms. The van der Waals surface area contributed by atoms with E-state index in [9.17, 15) is 14.4 Å². The lowest BCUT2D eigenvalue weighted by Gasteiger charge is -2.30. The Morgan fingerprint density at radius 2 is 2.17 bits per heavy atom. The summed E-state index contributed by atoms with van der Waals surface area (Å²) >= 11 is 0. The minimum Gasteiger partial charge on any atom is -0.481 e. The number of rotatable bonds is 4. The number of carbonyl (C=O) groups excluding carboxylic acids is 2. The molecule has 1 fully saturated rings. The van der Waals surface area contributed by atoms with Crippen LogP contribution in [-0.2, 0) is 9.53 Å². The Morgan fingerprint density at radius 1 is 1.44 bits per heavy atom. The molecule has 8 nitrogen and oxygen atoms in total. The largest absolute Gasteiger partial charge is 0.481 e. The van der Waals surface area contributed by atoms with E-state index < -0.39 is 18.0 Å². The van der Waals surface area contributed by atoms with E-state index in [0.717, 1.165) is 0 Å². The smallest absolute Gasteiger partial charge is 0.404 e. The Kier molecular flexibility index (Phi) is 5.22. The van der Waals surface area contributed by atoms with E-state index in [0.29, 0.717) is 19.4 Å². The van der Waals surface area contributed by atoms with Crippen LogP contribution < -0.4 is 11.1 Å². The van der Waals surface area contributed by atoms with E-state index in [2.05, 4.69) is 10.1 Å². The molecule has 1 atom stereocenters. The first kappa shape index (κ1) is 14.1. The third-order valence-electron chi connectivity index (χ3n) is 2.68. The molecule has 1 rings (SSSR count). The van der Waals surface area contributed by atoms with E-state index in [-0.39, 0.29) is 25.7 Å². The summed E-state index contributed by atoms with van der Waals surface area (Å²) in [6.45, 7) is 0.886. The van der Waals surface area contributed by atoms with Crippen molar-refractivity contribution >= 4 is 18.1 Å². The van der Waals surface area contributed by atoms with Gasteiger partial charge in [-0.25, -0.2) is 9.59 Å². The number of hydrogen-bond donors (Lipinski definition) is 3. The molecule has 1 saturated heterocycles. The normalized spacial score (nSPS) is 19.1. The predicted octanol–water partition coefficient (Wildman–Crippen LogP) is -0.412. The van der Waals surface area contributed by atoms with Gasteiger partial charge in [-0.3, -0.25) is 4.79 Å². The number of aliphatic carboxylic acids is 1. The maximum Gasteiger partial charge on any atom is 0.404 e. The zero-order valence-electron chi connectivity index (χ0n) is 9.92. The maximum absolute atomic E-state index is 11.7. The van der Waals surface area contributed by atoms with Crippen molar-refractivity contribution in [2.45, 2.75) is 12.8 Å². The van der Waals surface area contributed by atoms with Crippen molar-refractivity contribution in [2.24, 2.45) is 11.7 Å². The average molecular weight is 259 g/mol. The molecule has 0 unspecified atom stereocenters. The van der Waals surface area contributed by atoms with E-state index in [1.165, 1.54) is 4.90 Å². The van der Waals surface area contributed by atoms with Crippen LogP contribution in [0.1, 0.15) is 12.8 Å². The Hall–Kier alpha value is -1.99. The van der Waals surface area contributed by atoms with Crippen LogP contribution in [-0.4, -0.2) is 54.3 Å². The lowest BCUT2D eigenvalue weighted by Crippen LogP contribution is -2.47. The molecule has 1 aliphatic rings. The van der Waals surface area contributed by atoms with Crippen molar-refractivity contribution in [1.82, 2.24) is 10.2 Å². The molecule has 0 aromatic rings. The van der Waals surface area contributed by atoms with Crippen molar-refractivity contribution < 1.29 is 24.2 Å². The first-order valence-electron chi connectivity index (χ1n) is 5.68. The second-order valence-electron chi connectivity index (χ2n) is 4.02. The Morgan fingerprint density at radius 3 is 2.78 bits per heavy atom. The Balaban J connectivity index is 2.28. The van der Waals surface area contributed by atoms with Gasteiger partial charge >= 0.3 is 18.1 Å². The molecule has 1 aliphatic heterocycles. The lowest BCUT2D eigenvalue weighted by molar-refractivity contribution is -0.143. The summed E-state index contributed by atoms with van der Waals surface area (Å²) in [4.78, 5) is 34.2. The van der Waals surface area contributed by atoms with Gasteiger partial charge in [-0.2, -0.15) is 0 Å². The number of amides is 3. The van der Waals surface area contributed by atoms with Crippen LogP contribution >= 0.6 is 0 Å². The molecule has 0 aliphatic carbocycles. The summed E-state index contributed by atoms with van der Waals surface area (Å²) in [7, 11) is 0. The molecule has 1 heterocycles. The van der Waals surface area contributed by atoms with Gasteiger partial charge in [0.25, 0.3) is 0 Å². The molecule has 8 heteroatoms. The second-order valence-corrected chi connectivity index (χ2v) is 4.02. The molecule has 3 amide bonds. The monoisotopic (exact) mass is 259 g/mol. The fourth-order valence-electron chi connectivity index (χ4n) is 1.78. The number of likely N-dealkylation sites (tertiary alicyclic amines) is 1. The third kappa shape index (κ3) is 4.48. The number of nitrogens with zero attached hydrogens (tertiary/aromatic N) is 1. The van der Waals surface area contributed by atoms with Gasteiger partial charge in [-0.1, -0.05) is 0 Å². The minimum absolute atomic E-state index is 0.00271. The van der Waals surface area contributed by atoms with Gasteiger partial charge in [0.05, 0.1) is 12.5 Å². The molecule has 0 saturated carbocycles. The van der Waals surface area contributed by atoms with Crippen molar-refractivity contribution in [3.8, 4) is 0 Å². The highest BCUT2D eigenvalue weighted by atomic mass is 16.5. The number of urea groups is 1. The van der Waals surface area contributed by atoms with Gasteiger partial charge in [0, 0.05) is 13.1 Å². The number of nitrogens with two attached hydrogens (primary N) is 1. The van der Waals surface area contributed by atoms with Crippen LogP contribution in [0.4, 0.5) is 9.59 Å². The van der Waals surface area contributed by atoms with Gasteiger partial charge in [-0.15, -0.1) is 0 Å². The zero-order chi connectivity index (χ0) is 13.5. The van der Waals surface area contributed by atoms with Crippen LogP contribution in [0.25, 0.3) is 0 Å². The molecular formula is C10H17N3O5. The van der Waals surface area contributed by atoms with Crippen molar-refractivity contribution in [2.75, 3.05) is 26.2 Å². The average Bonchev–Trinajstić information content (AvgIpc) is 2.34. The van der Waals surface area contributed by atoms with Crippen LogP contribution in [0.3, 0.4) is 0 Å². The number of nitrogens with one attached hydrogen (secondary N) is 1. The van der Waals surface area contributed by atoms with E-state index in [4.69, 9.17) is 10.8 Å². The molecule has 0 aromatic carbocycles. The third-order valence-corrected chi connectivity index (χ3v) is 2.68. The predicted molar refractivity (Wildman–Crippen MR) is 60.9 cm³/mol. The van der Waals surface area contributed by atoms with Gasteiger partial charge < -0.3 is 25.8 Å². The summed E-state index contributed by atoms with van der Waals surface area (Å²) in [5.41, 5.74) is 4.75. The number of piperidine rings is 1. The molecule has 0 spiro atoms. The highest BCUT2D eigenvalue weighted by Crippen LogP contribution is 2.16. The Labute approximate surface area is 104 Å². The first-order valence-corrected chi connectivity index (χ1v) is 5.68. The summed E-state index contributed by atoms with van der Waals surface area (Å²) in [5, 5.41) is 11.4.